The SMILES string of the molecule is CSCC[C@@H](NC(=O)c1c(C)noc1C(C)C)C(=O)O. The molecule has 1 aromatic rings. The second-order valence-electron chi connectivity index (χ2n) is 4.81. The van der Waals surface area contributed by atoms with E-state index in [9.17, 15) is 9.59 Å². The Balaban J connectivity index is 2.89. The summed E-state index contributed by atoms with van der Waals surface area (Å²) in [5.74, 6) is -0.328. The molecule has 0 aliphatic heterocycles. The summed E-state index contributed by atoms with van der Waals surface area (Å²) in [5, 5.41) is 15.5. The molecule has 1 rings (SSSR count). The maximum atomic E-state index is 12.2. The molecular formula is C13H20N2O4S. The number of aryl methyl sites for hydroxylation is 1. The fourth-order valence-electron chi connectivity index (χ4n) is 1.78. The molecule has 20 heavy (non-hydrogen) atoms. The number of thioether (sulfide) groups is 1. The van der Waals surface area contributed by atoms with Crippen LogP contribution < -0.4 is 5.32 Å². The van der Waals surface area contributed by atoms with Crippen molar-refractivity contribution >= 4 is 23.6 Å². The van der Waals surface area contributed by atoms with Crippen LogP contribution in [0.15, 0.2) is 4.52 Å². The second kappa shape index (κ2) is 7.33. The Morgan fingerprint density at radius 1 is 1.45 bits per heavy atom. The first-order valence-corrected chi connectivity index (χ1v) is 7.76. The number of carbonyl (C=O) groups is 2. The van der Waals surface area contributed by atoms with Crippen molar-refractivity contribution in [2.75, 3.05) is 12.0 Å². The average Bonchev–Trinajstić information content (AvgIpc) is 2.76. The van der Waals surface area contributed by atoms with Crippen LogP contribution in [0.25, 0.3) is 0 Å². The van der Waals surface area contributed by atoms with Gasteiger partial charge in [-0.25, -0.2) is 4.79 Å². The fraction of sp³-hybridized carbons (Fsp3) is 0.615. The van der Waals surface area contributed by atoms with Gasteiger partial charge in [0.25, 0.3) is 5.91 Å². The molecule has 0 saturated heterocycles. The minimum Gasteiger partial charge on any atom is -0.480 e. The number of amides is 1. The van der Waals surface area contributed by atoms with Gasteiger partial charge in [-0.1, -0.05) is 19.0 Å². The number of carboxylic acid groups (broad SMARTS) is 1. The lowest BCUT2D eigenvalue weighted by Gasteiger charge is -2.14. The summed E-state index contributed by atoms with van der Waals surface area (Å²) in [7, 11) is 0. The third-order valence-electron chi connectivity index (χ3n) is 2.85. The van der Waals surface area contributed by atoms with Crippen LogP contribution in [0.4, 0.5) is 0 Å². The zero-order valence-corrected chi connectivity index (χ0v) is 12.9. The van der Waals surface area contributed by atoms with Crippen molar-refractivity contribution < 1.29 is 19.2 Å². The first-order valence-electron chi connectivity index (χ1n) is 6.37. The molecule has 1 aromatic heterocycles. The van der Waals surface area contributed by atoms with Crippen LogP contribution in [0.1, 0.15) is 48.0 Å². The van der Waals surface area contributed by atoms with E-state index in [0.717, 1.165) is 0 Å². The summed E-state index contributed by atoms with van der Waals surface area (Å²) >= 11 is 1.54. The Labute approximate surface area is 122 Å². The quantitative estimate of drug-likeness (QED) is 0.800. The molecule has 0 aliphatic carbocycles. The van der Waals surface area contributed by atoms with Crippen LogP contribution in [0, 0.1) is 6.92 Å². The second-order valence-corrected chi connectivity index (χ2v) is 5.79. The van der Waals surface area contributed by atoms with Crippen molar-refractivity contribution in [3.05, 3.63) is 17.0 Å². The van der Waals surface area contributed by atoms with Crippen molar-refractivity contribution in [1.82, 2.24) is 10.5 Å². The zero-order chi connectivity index (χ0) is 15.3. The molecule has 112 valence electrons. The highest BCUT2D eigenvalue weighted by molar-refractivity contribution is 7.98. The molecule has 7 heteroatoms. The van der Waals surface area contributed by atoms with Crippen molar-refractivity contribution in [2.45, 2.75) is 39.2 Å². The summed E-state index contributed by atoms with van der Waals surface area (Å²) in [6.07, 6.45) is 2.27. The van der Waals surface area contributed by atoms with Crippen molar-refractivity contribution in [3.63, 3.8) is 0 Å². The molecule has 0 aliphatic rings. The molecule has 0 saturated carbocycles. The van der Waals surface area contributed by atoms with E-state index in [4.69, 9.17) is 9.63 Å². The molecule has 0 aromatic carbocycles. The van der Waals surface area contributed by atoms with E-state index in [1.807, 2.05) is 20.1 Å². The average molecular weight is 300 g/mol. The largest absolute Gasteiger partial charge is 0.480 e. The van der Waals surface area contributed by atoms with Gasteiger partial charge in [0, 0.05) is 5.92 Å². The van der Waals surface area contributed by atoms with Gasteiger partial charge in [0.05, 0.1) is 5.69 Å². The smallest absolute Gasteiger partial charge is 0.326 e. The van der Waals surface area contributed by atoms with Crippen LogP contribution in [0.5, 0.6) is 0 Å². The molecule has 6 nitrogen and oxygen atoms in total. The van der Waals surface area contributed by atoms with E-state index in [1.165, 1.54) is 11.8 Å². The highest BCUT2D eigenvalue weighted by Crippen LogP contribution is 2.22. The maximum absolute atomic E-state index is 12.2. The number of rotatable bonds is 7. The summed E-state index contributed by atoms with van der Waals surface area (Å²) in [6.45, 7) is 5.44. The van der Waals surface area contributed by atoms with Gasteiger partial charge in [-0.3, -0.25) is 4.79 Å². The number of carbonyl (C=O) groups excluding carboxylic acids is 1. The lowest BCUT2D eigenvalue weighted by atomic mass is 10.0. The minimum atomic E-state index is -1.03. The van der Waals surface area contributed by atoms with Gasteiger partial charge in [-0.05, 0) is 25.4 Å². The summed E-state index contributed by atoms with van der Waals surface area (Å²) in [4.78, 5) is 23.4. The third kappa shape index (κ3) is 4.00. The topological polar surface area (TPSA) is 92.4 Å². The van der Waals surface area contributed by atoms with E-state index >= 15 is 0 Å². The Kier molecular flexibility index (Phi) is 6.06. The normalized spacial score (nSPS) is 12.4. The molecule has 2 N–H and O–H groups in total. The molecule has 0 spiro atoms. The summed E-state index contributed by atoms with van der Waals surface area (Å²) < 4.78 is 5.14. The number of hydrogen-bond acceptors (Lipinski definition) is 5. The Bertz CT molecular complexity index is 485. The predicted octanol–water partition coefficient (Wildman–Crippen LogP) is 2.04. The molecular weight excluding hydrogens is 280 g/mol. The Hall–Kier alpha value is -1.50. The van der Waals surface area contributed by atoms with Gasteiger partial charge in [0.2, 0.25) is 0 Å². The van der Waals surface area contributed by atoms with Crippen LogP contribution >= 0.6 is 11.8 Å². The van der Waals surface area contributed by atoms with E-state index in [2.05, 4.69) is 10.5 Å². The zero-order valence-electron chi connectivity index (χ0n) is 12.1. The maximum Gasteiger partial charge on any atom is 0.326 e. The molecule has 0 fully saturated rings. The third-order valence-corrected chi connectivity index (χ3v) is 3.50. The van der Waals surface area contributed by atoms with Crippen LogP contribution in [-0.2, 0) is 4.79 Å². The van der Waals surface area contributed by atoms with Crippen molar-refractivity contribution in [1.29, 1.82) is 0 Å². The van der Waals surface area contributed by atoms with Gasteiger partial charge < -0.3 is 14.9 Å². The molecule has 1 amide bonds. The van der Waals surface area contributed by atoms with Gasteiger partial charge >= 0.3 is 5.97 Å². The number of aliphatic carboxylic acids is 1. The number of hydrogen-bond donors (Lipinski definition) is 2. The standard InChI is InChI=1S/C13H20N2O4S/c1-7(2)11-10(8(3)15-19-11)12(16)14-9(13(17)18)5-6-20-4/h7,9H,5-6H2,1-4H3,(H,14,16)(H,17,18)/t9-/m1/s1. The number of carboxylic acids is 1. The minimum absolute atomic E-state index is 0.00595. The van der Waals surface area contributed by atoms with Crippen LogP contribution in [-0.4, -0.2) is 40.2 Å². The highest BCUT2D eigenvalue weighted by Gasteiger charge is 2.26. The first-order chi connectivity index (χ1) is 9.38. The predicted molar refractivity (Wildman–Crippen MR) is 77.2 cm³/mol. The fourth-order valence-corrected chi connectivity index (χ4v) is 2.25. The van der Waals surface area contributed by atoms with E-state index in [0.29, 0.717) is 29.2 Å². The Morgan fingerprint density at radius 3 is 2.60 bits per heavy atom. The monoisotopic (exact) mass is 300 g/mol. The lowest BCUT2D eigenvalue weighted by molar-refractivity contribution is -0.139. The van der Waals surface area contributed by atoms with E-state index < -0.39 is 17.9 Å². The van der Waals surface area contributed by atoms with Crippen LogP contribution in [0.3, 0.4) is 0 Å². The van der Waals surface area contributed by atoms with Crippen molar-refractivity contribution in [2.24, 2.45) is 0 Å². The van der Waals surface area contributed by atoms with Crippen LogP contribution in [0.2, 0.25) is 0 Å². The van der Waals surface area contributed by atoms with Gasteiger partial charge in [0.15, 0.2) is 5.76 Å². The molecule has 0 radical (unpaired) electrons. The first kappa shape index (κ1) is 16.6. The van der Waals surface area contributed by atoms with Crippen molar-refractivity contribution in [3.8, 4) is 0 Å². The number of nitrogens with zero attached hydrogens (tertiary/aromatic N) is 1. The molecule has 0 bridgehead atoms. The van der Waals surface area contributed by atoms with Gasteiger partial charge in [-0.2, -0.15) is 11.8 Å². The number of aromatic nitrogens is 1. The summed E-state index contributed by atoms with van der Waals surface area (Å²) in [5.41, 5.74) is 0.815. The number of nitrogens with one attached hydrogen (secondary N) is 1. The van der Waals surface area contributed by atoms with Gasteiger partial charge in [0.1, 0.15) is 11.6 Å². The van der Waals surface area contributed by atoms with E-state index in [1.54, 1.807) is 6.92 Å². The molecule has 1 atom stereocenters. The molecule has 0 unspecified atom stereocenters. The van der Waals surface area contributed by atoms with Gasteiger partial charge in [-0.15, -0.1) is 0 Å². The Morgan fingerprint density at radius 2 is 2.10 bits per heavy atom. The highest BCUT2D eigenvalue weighted by atomic mass is 32.2. The molecule has 1 heterocycles. The lowest BCUT2D eigenvalue weighted by Crippen LogP contribution is -2.41. The summed E-state index contributed by atoms with van der Waals surface area (Å²) in [6, 6.07) is -0.899. The van der Waals surface area contributed by atoms with E-state index in [-0.39, 0.29) is 5.92 Å².